The number of hydrogen-bond donors (Lipinski definition) is 2. The third-order valence-corrected chi connectivity index (χ3v) is 6.23. The molecule has 2 unspecified atom stereocenters. The van der Waals surface area contributed by atoms with Gasteiger partial charge in [0.25, 0.3) is 0 Å². The molecule has 1 aliphatic rings. The third-order valence-electron chi connectivity index (χ3n) is 3.37. The molecule has 1 aromatic rings. The summed E-state index contributed by atoms with van der Waals surface area (Å²) in [6.07, 6.45) is 0.0635. The van der Waals surface area contributed by atoms with Gasteiger partial charge >= 0.3 is 0 Å². The fourth-order valence-corrected chi connectivity index (χ4v) is 4.56. The number of hydrogen-bond acceptors (Lipinski definition) is 5. The number of halogens is 1. The first kappa shape index (κ1) is 16.3. The molecule has 0 aromatic heterocycles. The smallest absolute Gasteiger partial charge is 0.239 e. The van der Waals surface area contributed by atoms with Gasteiger partial charge in [-0.15, -0.1) is 0 Å². The summed E-state index contributed by atoms with van der Waals surface area (Å²) in [4.78, 5) is 11.9. The molecule has 116 valence electrons. The summed E-state index contributed by atoms with van der Waals surface area (Å²) >= 11 is 3.27. The molecule has 1 fully saturated rings. The molecule has 0 spiro atoms. The Bertz CT molecular complexity index is 648. The van der Waals surface area contributed by atoms with Crippen molar-refractivity contribution in [2.24, 2.45) is 0 Å². The van der Waals surface area contributed by atoms with Gasteiger partial charge in [0.15, 0.2) is 9.84 Å². The Morgan fingerprint density at radius 2 is 2.24 bits per heavy atom. The van der Waals surface area contributed by atoms with Gasteiger partial charge in [0.05, 0.1) is 17.0 Å². The molecule has 1 saturated heterocycles. The second kappa shape index (κ2) is 6.33. The average molecular weight is 377 g/mol. The van der Waals surface area contributed by atoms with Gasteiger partial charge < -0.3 is 15.8 Å². The summed E-state index contributed by atoms with van der Waals surface area (Å²) in [5.41, 5.74) is 6.64. The first-order valence-corrected chi connectivity index (χ1v) is 8.98. The van der Waals surface area contributed by atoms with Gasteiger partial charge in [0, 0.05) is 16.8 Å². The molecule has 1 heterocycles. The SMILES string of the molecule is CC1OCCC1S(=O)(=O)CC(=O)Nc1ccc(N)cc1Br. The van der Waals surface area contributed by atoms with Crippen LogP contribution >= 0.6 is 15.9 Å². The van der Waals surface area contributed by atoms with E-state index >= 15 is 0 Å². The minimum atomic E-state index is -3.53. The fraction of sp³-hybridized carbons (Fsp3) is 0.462. The van der Waals surface area contributed by atoms with E-state index < -0.39 is 26.7 Å². The van der Waals surface area contributed by atoms with Gasteiger partial charge in [-0.05, 0) is 47.5 Å². The second-order valence-corrected chi connectivity index (χ2v) is 8.07. The van der Waals surface area contributed by atoms with E-state index in [1.54, 1.807) is 25.1 Å². The molecule has 21 heavy (non-hydrogen) atoms. The predicted molar refractivity (Wildman–Crippen MR) is 84.8 cm³/mol. The first-order valence-electron chi connectivity index (χ1n) is 6.47. The molecule has 2 rings (SSSR count). The zero-order valence-corrected chi connectivity index (χ0v) is 13.9. The molecule has 8 heteroatoms. The van der Waals surface area contributed by atoms with E-state index in [1.807, 2.05) is 0 Å². The second-order valence-electron chi connectivity index (χ2n) is 5.00. The molecule has 3 N–H and O–H groups in total. The summed E-state index contributed by atoms with van der Waals surface area (Å²) in [6, 6.07) is 4.88. The van der Waals surface area contributed by atoms with Crippen LogP contribution in [0.25, 0.3) is 0 Å². The van der Waals surface area contributed by atoms with Crippen molar-refractivity contribution in [1.82, 2.24) is 0 Å². The number of ether oxygens (including phenoxy) is 1. The van der Waals surface area contributed by atoms with E-state index in [9.17, 15) is 13.2 Å². The lowest BCUT2D eigenvalue weighted by Gasteiger charge is -2.15. The molecular formula is C13H17BrN2O4S. The van der Waals surface area contributed by atoms with Crippen LogP contribution in [0.5, 0.6) is 0 Å². The van der Waals surface area contributed by atoms with Crippen molar-refractivity contribution in [3.8, 4) is 0 Å². The van der Waals surface area contributed by atoms with Gasteiger partial charge in [-0.25, -0.2) is 8.42 Å². The predicted octanol–water partition coefficient (Wildman–Crippen LogP) is 1.56. The van der Waals surface area contributed by atoms with E-state index in [-0.39, 0.29) is 6.10 Å². The number of carbonyl (C=O) groups is 1. The van der Waals surface area contributed by atoms with E-state index in [4.69, 9.17) is 10.5 Å². The molecule has 0 bridgehead atoms. The van der Waals surface area contributed by atoms with Crippen molar-refractivity contribution >= 4 is 43.0 Å². The topological polar surface area (TPSA) is 98.5 Å². The Kier molecular flexibility index (Phi) is 4.90. The van der Waals surface area contributed by atoms with Crippen molar-refractivity contribution in [1.29, 1.82) is 0 Å². The van der Waals surface area contributed by atoms with Gasteiger partial charge in [0.1, 0.15) is 5.75 Å². The number of nitrogens with one attached hydrogen (secondary N) is 1. The van der Waals surface area contributed by atoms with Gasteiger partial charge in [-0.3, -0.25) is 4.79 Å². The molecule has 2 atom stereocenters. The summed E-state index contributed by atoms with van der Waals surface area (Å²) in [6.45, 7) is 2.12. The van der Waals surface area contributed by atoms with Crippen molar-refractivity contribution in [3.05, 3.63) is 22.7 Å². The standard InChI is InChI=1S/C13H17BrN2O4S/c1-8-12(4-5-20-8)21(18,19)7-13(17)16-11-3-2-9(15)6-10(11)14/h2-3,6,8,12H,4-5,7,15H2,1H3,(H,16,17). The number of amides is 1. The van der Waals surface area contributed by atoms with Crippen molar-refractivity contribution < 1.29 is 17.9 Å². The Morgan fingerprint density at radius 3 is 2.81 bits per heavy atom. The van der Waals surface area contributed by atoms with E-state index in [0.29, 0.717) is 28.9 Å². The minimum Gasteiger partial charge on any atom is -0.399 e. The molecule has 1 aliphatic heterocycles. The normalized spacial score (nSPS) is 22.2. The Hall–Kier alpha value is -1.12. The van der Waals surface area contributed by atoms with Crippen LogP contribution in [-0.2, 0) is 19.4 Å². The molecule has 6 nitrogen and oxygen atoms in total. The van der Waals surface area contributed by atoms with Crippen LogP contribution in [0.4, 0.5) is 11.4 Å². The number of carbonyl (C=O) groups excluding carboxylic acids is 1. The van der Waals surface area contributed by atoms with Gasteiger partial charge in [-0.2, -0.15) is 0 Å². The van der Waals surface area contributed by atoms with Crippen molar-refractivity contribution in [2.45, 2.75) is 24.7 Å². The highest BCUT2D eigenvalue weighted by molar-refractivity contribution is 9.10. The molecule has 1 aromatic carbocycles. The first-order chi connectivity index (χ1) is 9.79. The molecular weight excluding hydrogens is 360 g/mol. The number of rotatable bonds is 4. The quantitative estimate of drug-likeness (QED) is 0.776. The fourth-order valence-electron chi connectivity index (χ4n) is 2.29. The lowest BCUT2D eigenvalue weighted by Crippen LogP contribution is -2.34. The molecule has 0 radical (unpaired) electrons. The summed E-state index contributed by atoms with van der Waals surface area (Å²) < 4.78 is 30.3. The van der Waals surface area contributed by atoms with E-state index in [1.165, 1.54) is 0 Å². The molecule has 0 aliphatic carbocycles. The molecule has 1 amide bonds. The Morgan fingerprint density at radius 1 is 1.52 bits per heavy atom. The highest BCUT2D eigenvalue weighted by Crippen LogP contribution is 2.25. The lowest BCUT2D eigenvalue weighted by molar-refractivity contribution is -0.113. The van der Waals surface area contributed by atoms with Crippen molar-refractivity contribution in [3.63, 3.8) is 0 Å². The highest BCUT2D eigenvalue weighted by Gasteiger charge is 2.36. The minimum absolute atomic E-state index is 0.369. The van der Waals surface area contributed by atoms with Crippen LogP contribution in [0.15, 0.2) is 22.7 Å². The Labute approximate surface area is 132 Å². The maximum absolute atomic E-state index is 12.2. The number of sulfone groups is 1. The largest absolute Gasteiger partial charge is 0.399 e. The van der Waals surface area contributed by atoms with Crippen LogP contribution in [-0.4, -0.2) is 38.0 Å². The van der Waals surface area contributed by atoms with Crippen LogP contribution in [0.3, 0.4) is 0 Å². The Balaban J connectivity index is 2.04. The van der Waals surface area contributed by atoms with Crippen LogP contribution < -0.4 is 11.1 Å². The van der Waals surface area contributed by atoms with Crippen molar-refractivity contribution in [2.75, 3.05) is 23.4 Å². The highest BCUT2D eigenvalue weighted by atomic mass is 79.9. The summed E-state index contributed by atoms with van der Waals surface area (Å²) in [7, 11) is -3.53. The summed E-state index contributed by atoms with van der Waals surface area (Å²) in [5, 5.41) is 1.96. The van der Waals surface area contributed by atoms with Gasteiger partial charge in [0.2, 0.25) is 5.91 Å². The number of anilines is 2. The number of nitrogen functional groups attached to an aromatic ring is 1. The maximum Gasteiger partial charge on any atom is 0.239 e. The van der Waals surface area contributed by atoms with E-state index in [2.05, 4.69) is 21.2 Å². The van der Waals surface area contributed by atoms with Crippen LogP contribution in [0.1, 0.15) is 13.3 Å². The maximum atomic E-state index is 12.2. The number of benzene rings is 1. The average Bonchev–Trinajstić information content (AvgIpc) is 2.79. The summed E-state index contributed by atoms with van der Waals surface area (Å²) in [5.74, 6) is -1.12. The van der Waals surface area contributed by atoms with Gasteiger partial charge in [-0.1, -0.05) is 0 Å². The van der Waals surface area contributed by atoms with E-state index in [0.717, 1.165) is 0 Å². The number of nitrogens with two attached hydrogens (primary N) is 1. The monoisotopic (exact) mass is 376 g/mol. The zero-order chi connectivity index (χ0) is 15.6. The van der Waals surface area contributed by atoms with Crippen LogP contribution in [0, 0.1) is 0 Å². The lowest BCUT2D eigenvalue weighted by atomic mass is 10.3. The third kappa shape index (κ3) is 3.96. The van der Waals surface area contributed by atoms with Crippen LogP contribution in [0.2, 0.25) is 0 Å². The molecule has 0 saturated carbocycles. The zero-order valence-electron chi connectivity index (χ0n) is 11.5.